The van der Waals surface area contributed by atoms with Gasteiger partial charge in [-0.1, -0.05) is 11.3 Å². The first-order valence-corrected chi connectivity index (χ1v) is 2.83. The highest BCUT2D eigenvalue weighted by molar-refractivity contribution is 5.41. The van der Waals surface area contributed by atoms with Crippen LogP contribution < -0.4 is 0 Å². The zero-order valence-corrected chi connectivity index (χ0v) is 5.19. The molecule has 0 atom stereocenters. The van der Waals surface area contributed by atoms with Crippen molar-refractivity contribution in [1.29, 1.82) is 0 Å². The van der Waals surface area contributed by atoms with Gasteiger partial charge in [-0.2, -0.15) is 4.98 Å². The van der Waals surface area contributed by atoms with Crippen molar-refractivity contribution in [1.82, 2.24) is 14.8 Å². The fourth-order valence-corrected chi connectivity index (χ4v) is 0.739. The maximum absolute atomic E-state index is 5.03. The second-order valence-electron chi connectivity index (χ2n) is 1.81. The van der Waals surface area contributed by atoms with Gasteiger partial charge in [0.2, 0.25) is 5.89 Å². The van der Waals surface area contributed by atoms with Crippen LogP contribution in [0, 0.1) is 0 Å². The zero-order chi connectivity index (χ0) is 6.97. The summed E-state index contributed by atoms with van der Waals surface area (Å²) in [6.45, 7) is 3.51. The Bertz CT molecular complexity index is 331. The molecule has 0 saturated heterocycles. The molecule has 50 valence electrons. The summed E-state index contributed by atoms with van der Waals surface area (Å²) >= 11 is 0. The van der Waals surface area contributed by atoms with Gasteiger partial charge >= 0.3 is 0 Å². The summed E-state index contributed by atoms with van der Waals surface area (Å²) in [6, 6.07) is 1.76. The van der Waals surface area contributed by atoms with Gasteiger partial charge in [0.05, 0.1) is 6.20 Å². The van der Waals surface area contributed by atoms with E-state index in [1.54, 1.807) is 12.3 Å². The van der Waals surface area contributed by atoms with Crippen molar-refractivity contribution < 1.29 is 4.52 Å². The molecule has 0 amide bonds. The van der Waals surface area contributed by atoms with Crippen LogP contribution in [0.25, 0.3) is 11.7 Å². The molecule has 0 spiro atoms. The van der Waals surface area contributed by atoms with Crippen LogP contribution in [0.3, 0.4) is 0 Å². The minimum Gasteiger partial charge on any atom is -0.335 e. The van der Waals surface area contributed by atoms with Crippen molar-refractivity contribution in [3.63, 3.8) is 0 Å². The number of hydrogen-bond acceptors (Lipinski definition) is 3. The molecular formula is C6H5N3O. The summed E-state index contributed by atoms with van der Waals surface area (Å²) in [5, 5.41) is 3.83. The molecule has 0 unspecified atom stereocenters. The Balaban J connectivity index is 2.78. The van der Waals surface area contributed by atoms with Gasteiger partial charge in [-0.3, -0.25) is 0 Å². The summed E-state index contributed by atoms with van der Waals surface area (Å²) < 4.78 is 6.38. The van der Waals surface area contributed by atoms with Gasteiger partial charge in [-0.25, -0.2) is 0 Å². The number of aromatic nitrogens is 3. The molecule has 2 rings (SSSR count). The van der Waals surface area contributed by atoms with Crippen LogP contribution in [0.5, 0.6) is 0 Å². The minimum atomic E-state index is 0.489. The molecule has 0 aliphatic carbocycles. The maximum Gasteiger partial charge on any atom is 0.250 e. The Morgan fingerprint density at radius 1 is 1.70 bits per heavy atom. The minimum absolute atomic E-state index is 0.489. The van der Waals surface area contributed by atoms with Gasteiger partial charge < -0.3 is 4.52 Å². The lowest BCUT2D eigenvalue weighted by Crippen LogP contribution is -1.75. The lowest BCUT2D eigenvalue weighted by atomic mass is 10.6. The average molecular weight is 135 g/mol. The molecule has 4 heteroatoms. The fraction of sp³-hybridized carbons (Fsp3) is 0. The largest absolute Gasteiger partial charge is 0.335 e. The van der Waals surface area contributed by atoms with Crippen molar-refractivity contribution in [2.75, 3.05) is 0 Å². The second-order valence-corrected chi connectivity index (χ2v) is 1.81. The molecule has 0 radical (unpaired) electrons. The number of hydrogen-bond donors (Lipinski definition) is 0. The van der Waals surface area contributed by atoms with E-state index in [9.17, 15) is 0 Å². The van der Waals surface area contributed by atoms with E-state index in [0.29, 0.717) is 11.5 Å². The van der Waals surface area contributed by atoms with Crippen LogP contribution in [0.2, 0.25) is 0 Å². The first-order valence-electron chi connectivity index (χ1n) is 2.83. The predicted octanol–water partition coefficient (Wildman–Crippen LogP) is 0.965. The van der Waals surface area contributed by atoms with Crippen LogP contribution in [0.1, 0.15) is 5.89 Å². The van der Waals surface area contributed by atoms with E-state index in [2.05, 4.69) is 16.7 Å². The molecule has 0 saturated carbocycles. The fourth-order valence-electron chi connectivity index (χ4n) is 0.739. The molecule has 2 heterocycles. The molecule has 0 aliphatic rings. The molecule has 0 aliphatic heterocycles. The van der Waals surface area contributed by atoms with Gasteiger partial charge in [0, 0.05) is 6.07 Å². The van der Waals surface area contributed by atoms with E-state index in [1.165, 1.54) is 10.8 Å². The van der Waals surface area contributed by atoms with Crippen molar-refractivity contribution in [2.45, 2.75) is 0 Å². The summed E-state index contributed by atoms with van der Waals surface area (Å²) in [4.78, 5) is 4.01. The summed E-state index contributed by atoms with van der Waals surface area (Å²) in [6.07, 6.45) is 3.16. The van der Waals surface area contributed by atoms with E-state index in [1.807, 2.05) is 0 Å². The molecule has 10 heavy (non-hydrogen) atoms. The molecule has 0 fully saturated rings. The Kier molecular flexibility index (Phi) is 0.887. The highest BCUT2D eigenvalue weighted by atomic mass is 16.5. The highest BCUT2D eigenvalue weighted by Gasteiger charge is 1.99. The van der Waals surface area contributed by atoms with E-state index in [-0.39, 0.29) is 0 Å². The Labute approximate surface area is 56.7 Å². The van der Waals surface area contributed by atoms with Gasteiger partial charge in [0.1, 0.15) is 0 Å². The Morgan fingerprint density at radius 3 is 3.30 bits per heavy atom. The highest BCUT2D eigenvalue weighted by Crippen LogP contribution is 2.02. The third-order valence-corrected chi connectivity index (χ3v) is 1.17. The standard InChI is InChI=1S/C6H5N3O/c1-2-6-8-5-3-4-7-9(5)10-6/h2-4H,1H2. The normalized spacial score (nSPS) is 10.4. The van der Waals surface area contributed by atoms with E-state index in [0.717, 1.165) is 0 Å². The Morgan fingerprint density at radius 2 is 2.60 bits per heavy atom. The van der Waals surface area contributed by atoms with Crippen LogP contribution in [-0.2, 0) is 0 Å². The molecule has 4 nitrogen and oxygen atoms in total. The first-order chi connectivity index (χ1) is 4.90. The summed E-state index contributed by atoms with van der Waals surface area (Å²) in [5.74, 6) is 0.489. The number of fused-ring (bicyclic) bond motifs is 1. The van der Waals surface area contributed by atoms with Crippen molar-refractivity contribution in [2.24, 2.45) is 0 Å². The van der Waals surface area contributed by atoms with Crippen LogP contribution in [0.4, 0.5) is 0 Å². The second kappa shape index (κ2) is 1.70. The number of rotatable bonds is 1. The zero-order valence-electron chi connectivity index (χ0n) is 5.19. The van der Waals surface area contributed by atoms with Crippen molar-refractivity contribution in [3.8, 4) is 0 Å². The maximum atomic E-state index is 5.03. The van der Waals surface area contributed by atoms with E-state index < -0.39 is 0 Å². The molecule has 0 aromatic carbocycles. The van der Waals surface area contributed by atoms with E-state index >= 15 is 0 Å². The monoisotopic (exact) mass is 135 g/mol. The average Bonchev–Trinajstić information content (AvgIpc) is 2.42. The molecule has 2 aromatic heterocycles. The Hall–Kier alpha value is -1.58. The third-order valence-electron chi connectivity index (χ3n) is 1.17. The van der Waals surface area contributed by atoms with Crippen LogP contribution in [0.15, 0.2) is 23.4 Å². The van der Waals surface area contributed by atoms with Crippen LogP contribution in [-0.4, -0.2) is 14.8 Å². The smallest absolute Gasteiger partial charge is 0.250 e. The number of nitrogens with zero attached hydrogens (tertiary/aromatic N) is 3. The SMILES string of the molecule is C=Cc1nc2ccnn2o1. The van der Waals surface area contributed by atoms with Crippen molar-refractivity contribution in [3.05, 3.63) is 24.7 Å². The molecule has 0 bridgehead atoms. The third kappa shape index (κ3) is 0.556. The van der Waals surface area contributed by atoms with Crippen LogP contribution >= 0.6 is 0 Å². The van der Waals surface area contributed by atoms with Gasteiger partial charge in [0.15, 0.2) is 5.65 Å². The lowest BCUT2D eigenvalue weighted by Gasteiger charge is -1.74. The topological polar surface area (TPSA) is 43.3 Å². The molecular weight excluding hydrogens is 130 g/mol. The van der Waals surface area contributed by atoms with Gasteiger partial charge in [-0.15, -0.1) is 5.10 Å². The lowest BCUT2D eigenvalue weighted by molar-refractivity contribution is 0.330. The summed E-state index contributed by atoms with van der Waals surface area (Å²) in [7, 11) is 0. The van der Waals surface area contributed by atoms with E-state index in [4.69, 9.17) is 4.52 Å². The summed E-state index contributed by atoms with van der Waals surface area (Å²) in [5.41, 5.74) is 0.704. The quantitative estimate of drug-likeness (QED) is 0.585. The first kappa shape index (κ1) is 5.22. The van der Waals surface area contributed by atoms with Gasteiger partial charge in [-0.05, 0) is 6.08 Å². The van der Waals surface area contributed by atoms with Gasteiger partial charge in [0.25, 0.3) is 0 Å². The predicted molar refractivity (Wildman–Crippen MR) is 35.3 cm³/mol. The molecule has 0 N–H and O–H groups in total. The van der Waals surface area contributed by atoms with Crippen molar-refractivity contribution >= 4 is 11.7 Å². The molecule has 2 aromatic rings.